The van der Waals surface area contributed by atoms with Gasteiger partial charge in [0.25, 0.3) is 5.09 Å². The number of aliphatic hydroxyl groups excluding tert-OH is 2. The van der Waals surface area contributed by atoms with E-state index in [4.69, 9.17) is 4.84 Å². The van der Waals surface area contributed by atoms with Crippen LogP contribution in [0.1, 0.15) is 65.2 Å². The van der Waals surface area contributed by atoms with Gasteiger partial charge in [-0.15, -0.1) is 15.2 Å². The Labute approximate surface area is 250 Å². The third kappa shape index (κ3) is 5.66. The first-order valence-corrected chi connectivity index (χ1v) is 15.3. The van der Waals surface area contributed by atoms with Crippen molar-refractivity contribution in [3.05, 3.63) is 33.9 Å². The van der Waals surface area contributed by atoms with Crippen molar-refractivity contribution in [3.8, 4) is 0 Å². The smallest absolute Gasteiger partial charge is 0.328 e. The summed E-state index contributed by atoms with van der Waals surface area (Å²) in [4.78, 5) is 58.8. The molecule has 13 nitrogen and oxygen atoms in total. The number of nitrogens with one attached hydrogen (secondary N) is 1. The molecule has 5 rings (SSSR count). The van der Waals surface area contributed by atoms with Crippen molar-refractivity contribution in [1.82, 2.24) is 10.4 Å². The van der Waals surface area contributed by atoms with Crippen LogP contribution in [0.2, 0.25) is 0 Å². The molecule has 0 aromatic carbocycles. The second kappa shape index (κ2) is 12.0. The Morgan fingerprint density at radius 3 is 2.81 bits per heavy atom. The molecule has 0 aromatic rings. The first-order valence-electron chi connectivity index (χ1n) is 15.3. The van der Waals surface area contributed by atoms with Crippen molar-refractivity contribution in [2.24, 2.45) is 28.6 Å². The summed E-state index contributed by atoms with van der Waals surface area (Å²) in [5, 5.41) is 48.6. The van der Waals surface area contributed by atoms with Gasteiger partial charge in [-0.1, -0.05) is 25.5 Å². The fourth-order valence-corrected chi connectivity index (χ4v) is 9.00. The summed E-state index contributed by atoms with van der Waals surface area (Å²) in [6, 6.07) is -0.263. The standard InChI is InChI=1S/C30H43N3O10/c1-28-9-7-20(34)14-18(28)5-6-21-22-8-10-30(39,29(22,2)16-24(36)26(21)28)27(38)23(35)15-25(37)43-32-12-11-31-17-19(32)4-3-13-42-33(40)41/h7,9,14,19,21-24,26,31,35-36,39H,3-6,8,10-13,15-17H2,1-2H3/t19?,21-,22-,23?,24?,26+,28-,29-,30-/m0/s1. The van der Waals surface area contributed by atoms with E-state index in [0.717, 1.165) is 12.0 Å². The van der Waals surface area contributed by atoms with Gasteiger partial charge in [0, 0.05) is 36.4 Å². The summed E-state index contributed by atoms with van der Waals surface area (Å²) in [5.41, 5.74) is -2.39. The molecule has 0 amide bonds. The van der Waals surface area contributed by atoms with Gasteiger partial charge in [0.15, 0.2) is 11.6 Å². The molecule has 3 unspecified atom stereocenters. The summed E-state index contributed by atoms with van der Waals surface area (Å²) < 4.78 is 0. The van der Waals surface area contributed by atoms with Gasteiger partial charge in [0.2, 0.25) is 0 Å². The van der Waals surface area contributed by atoms with Crippen molar-refractivity contribution in [1.29, 1.82) is 0 Å². The van der Waals surface area contributed by atoms with Crippen LogP contribution in [-0.4, -0.2) is 93.1 Å². The third-order valence-electron chi connectivity index (χ3n) is 11.1. The van der Waals surface area contributed by atoms with E-state index in [0.29, 0.717) is 45.3 Å². The SMILES string of the molecule is C[C@]12C=CC(=O)C=C1CC[C@@H]1[C@@H]2C(O)C[C@@]2(C)[C@H]1CC[C@]2(O)C(=O)C(O)CC(=O)ON1CCNCC1CCCO[N+](=O)[O-]. The van der Waals surface area contributed by atoms with Crippen LogP contribution in [0.5, 0.6) is 0 Å². The van der Waals surface area contributed by atoms with Crippen molar-refractivity contribution in [2.45, 2.75) is 89.1 Å². The second-order valence-electron chi connectivity index (χ2n) is 13.4. The highest BCUT2D eigenvalue weighted by Crippen LogP contribution is 2.67. The predicted octanol–water partition coefficient (Wildman–Crippen LogP) is 1.04. The lowest BCUT2D eigenvalue weighted by molar-refractivity contribution is -0.757. The molecular weight excluding hydrogens is 562 g/mol. The number of nitrogens with zero attached hydrogens (tertiary/aromatic N) is 2. The van der Waals surface area contributed by atoms with Gasteiger partial charge in [-0.25, -0.2) is 0 Å². The first kappa shape index (κ1) is 31.7. The number of allylic oxidation sites excluding steroid dienone is 4. The van der Waals surface area contributed by atoms with Crippen molar-refractivity contribution in [2.75, 3.05) is 26.2 Å². The molecule has 4 fully saturated rings. The van der Waals surface area contributed by atoms with E-state index in [1.165, 1.54) is 5.06 Å². The maximum absolute atomic E-state index is 13.7. The van der Waals surface area contributed by atoms with E-state index in [-0.39, 0.29) is 49.0 Å². The maximum atomic E-state index is 13.7. The molecule has 0 spiro atoms. The molecule has 9 atom stereocenters. The zero-order valence-corrected chi connectivity index (χ0v) is 24.8. The summed E-state index contributed by atoms with van der Waals surface area (Å²) >= 11 is 0. The molecule has 238 valence electrons. The minimum absolute atomic E-state index is 0.0121. The van der Waals surface area contributed by atoms with Crippen molar-refractivity contribution in [3.63, 3.8) is 0 Å². The zero-order chi connectivity index (χ0) is 31.2. The number of carbonyl (C=O) groups excluding carboxylic acids is 3. The zero-order valence-electron chi connectivity index (χ0n) is 24.8. The van der Waals surface area contributed by atoms with Gasteiger partial charge in [-0.3, -0.25) is 14.4 Å². The van der Waals surface area contributed by atoms with Crippen LogP contribution >= 0.6 is 0 Å². The molecule has 0 bridgehead atoms. The van der Waals surface area contributed by atoms with E-state index in [1.54, 1.807) is 12.2 Å². The number of carbonyl (C=O) groups is 3. The highest BCUT2D eigenvalue weighted by molar-refractivity contribution is 6.01. The van der Waals surface area contributed by atoms with Crippen LogP contribution in [-0.2, 0) is 24.1 Å². The van der Waals surface area contributed by atoms with Crippen LogP contribution in [0.15, 0.2) is 23.8 Å². The summed E-state index contributed by atoms with van der Waals surface area (Å²) in [6.07, 6.45) is 4.96. The summed E-state index contributed by atoms with van der Waals surface area (Å²) in [7, 11) is 0. The largest absolute Gasteiger partial charge is 0.393 e. The molecule has 13 heteroatoms. The van der Waals surface area contributed by atoms with E-state index in [9.17, 15) is 39.8 Å². The molecule has 43 heavy (non-hydrogen) atoms. The lowest BCUT2D eigenvalue weighted by atomic mass is 9.46. The molecule has 1 aliphatic heterocycles. The van der Waals surface area contributed by atoms with Crippen LogP contribution in [0.25, 0.3) is 0 Å². The molecule has 0 aromatic heterocycles. The number of hydrogen-bond acceptors (Lipinski definition) is 12. The van der Waals surface area contributed by atoms with Gasteiger partial charge < -0.3 is 30.3 Å². The topological polar surface area (TPSA) is 189 Å². The lowest BCUT2D eigenvalue weighted by Crippen LogP contribution is -2.62. The third-order valence-corrected chi connectivity index (χ3v) is 11.1. The normalized spacial score (nSPS) is 39.6. The highest BCUT2D eigenvalue weighted by atomic mass is 16.9. The number of hydrogen-bond donors (Lipinski definition) is 4. The highest BCUT2D eigenvalue weighted by Gasteiger charge is 2.68. The number of hydroxylamine groups is 2. The number of Topliss-reactive ketones (excluding diaryl/α,β-unsaturated/α-hetero) is 1. The molecule has 3 saturated carbocycles. The van der Waals surface area contributed by atoms with Gasteiger partial charge in [0.05, 0.1) is 25.2 Å². The molecule has 0 radical (unpaired) electrons. The predicted molar refractivity (Wildman–Crippen MR) is 150 cm³/mol. The quantitative estimate of drug-likeness (QED) is 0.158. The van der Waals surface area contributed by atoms with E-state index in [1.807, 2.05) is 13.0 Å². The minimum Gasteiger partial charge on any atom is -0.393 e. The molecule has 4 N–H and O–H groups in total. The van der Waals surface area contributed by atoms with Crippen molar-refractivity contribution >= 4 is 17.5 Å². The number of fused-ring (bicyclic) bond motifs is 5. The Bertz CT molecular complexity index is 1210. The van der Waals surface area contributed by atoms with Crippen LogP contribution < -0.4 is 5.32 Å². The Morgan fingerprint density at radius 1 is 1.30 bits per heavy atom. The van der Waals surface area contributed by atoms with Crippen molar-refractivity contribution < 1.29 is 44.5 Å². The van der Waals surface area contributed by atoms with Gasteiger partial charge in [-0.05, 0) is 68.9 Å². The molecule has 4 aliphatic carbocycles. The molecule has 1 heterocycles. The molecular formula is C30H43N3O10. The first-order chi connectivity index (χ1) is 20.3. The number of piperazine rings is 1. The Balaban J connectivity index is 1.23. The van der Waals surface area contributed by atoms with Crippen LogP contribution in [0.3, 0.4) is 0 Å². The lowest BCUT2D eigenvalue weighted by Gasteiger charge is -2.59. The van der Waals surface area contributed by atoms with Gasteiger partial charge in [-0.2, -0.15) is 0 Å². The number of rotatable bonds is 10. The van der Waals surface area contributed by atoms with E-state index in [2.05, 4.69) is 17.1 Å². The summed E-state index contributed by atoms with van der Waals surface area (Å²) in [6.45, 7) is 5.17. The summed E-state index contributed by atoms with van der Waals surface area (Å²) in [5.74, 6) is -1.94. The van der Waals surface area contributed by atoms with Gasteiger partial charge in [0.1, 0.15) is 11.7 Å². The Morgan fingerprint density at radius 2 is 2.07 bits per heavy atom. The fourth-order valence-electron chi connectivity index (χ4n) is 9.00. The van der Waals surface area contributed by atoms with E-state index >= 15 is 0 Å². The average Bonchev–Trinajstić information content (AvgIpc) is 3.22. The van der Waals surface area contributed by atoms with E-state index < -0.39 is 51.9 Å². The van der Waals surface area contributed by atoms with Gasteiger partial charge >= 0.3 is 5.97 Å². The van der Waals surface area contributed by atoms with Crippen LogP contribution in [0, 0.1) is 38.7 Å². The fraction of sp³-hybridized carbons (Fsp3) is 0.767. The second-order valence-corrected chi connectivity index (χ2v) is 13.4. The number of ketones is 2. The molecule has 5 aliphatic rings. The average molecular weight is 606 g/mol. The minimum atomic E-state index is -1.92. The Hall–Kier alpha value is -2.71. The maximum Gasteiger partial charge on any atom is 0.328 e. The molecule has 1 saturated heterocycles. The number of aliphatic hydroxyl groups is 3. The van der Waals surface area contributed by atoms with Crippen LogP contribution in [0.4, 0.5) is 0 Å². The monoisotopic (exact) mass is 605 g/mol. The Kier molecular flexibility index (Phi) is 8.85.